The fourth-order valence-electron chi connectivity index (χ4n) is 1.43. The van der Waals surface area contributed by atoms with E-state index in [0.717, 1.165) is 6.42 Å². The van der Waals surface area contributed by atoms with E-state index in [1.165, 1.54) is 12.8 Å². The Morgan fingerprint density at radius 1 is 1.36 bits per heavy atom. The van der Waals surface area contributed by atoms with Crippen molar-refractivity contribution in [1.82, 2.24) is 0 Å². The van der Waals surface area contributed by atoms with E-state index < -0.39 is 0 Å². The minimum atomic E-state index is 0.301. The second-order valence-electron chi connectivity index (χ2n) is 3.60. The molecule has 0 amide bonds. The van der Waals surface area contributed by atoms with Crippen LogP contribution in [-0.4, -0.2) is 5.78 Å². The van der Waals surface area contributed by atoms with E-state index in [4.69, 9.17) is 0 Å². The summed E-state index contributed by atoms with van der Waals surface area (Å²) in [6.45, 7) is 8.13. The first kappa shape index (κ1) is 10.7. The predicted molar refractivity (Wildman–Crippen MR) is 48.5 cm³/mol. The van der Waals surface area contributed by atoms with Gasteiger partial charge in [0.2, 0.25) is 0 Å². The van der Waals surface area contributed by atoms with Gasteiger partial charge in [-0.2, -0.15) is 0 Å². The van der Waals surface area contributed by atoms with Gasteiger partial charge in [0.15, 0.2) is 0 Å². The topological polar surface area (TPSA) is 17.1 Å². The zero-order chi connectivity index (χ0) is 8.85. The Kier molecular flexibility index (Phi) is 5.18. The SMILES string of the molecule is CCCC[C@@H](C(C)=O)C(C)C. The Morgan fingerprint density at radius 2 is 1.91 bits per heavy atom. The summed E-state index contributed by atoms with van der Waals surface area (Å²) >= 11 is 0. The minimum Gasteiger partial charge on any atom is -0.300 e. The molecule has 0 aliphatic heterocycles. The van der Waals surface area contributed by atoms with Crippen molar-refractivity contribution in [2.24, 2.45) is 11.8 Å². The molecule has 0 spiro atoms. The number of rotatable bonds is 5. The lowest BCUT2D eigenvalue weighted by molar-refractivity contribution is -0.122. The molecule has 0 saturated carbocycles. The fraction of sp³-hybridized carbons (Fsp3) is 0.900. The molecule has 0 radical (unpaired) electrons. The normalized spacial score (nSPS) is 13.5. The highest BCUT2D eigenvalue weighted by molar-refractivity contribution is 5.78. The lowest BCUT2D eigenvalue weighted by Crippen LogP contribution is -2.17. The summed E-state index contributed by atoms with van der Waals surface area (Å²) in [6.07, 6.45) is 3.45. The molecule has 0 fully saturated rings. The molecule has 0 unspecified atom stereocenters. The lowest BCUT2D eigenvalue weighted by atomic mass is 9.88. The van der Waals surface area contributed by atoms with Gasteiger partial charge in [0.1, 0.15) is 5.78 Å². The fourth-order valence-corrected chi connectivity index (χ4v) is 1.43. The third-order valence-electron chi connectivity index (χ3n) is 2.20. The summed E-state index contributed by atoms with van der Waals surface area (Å²) in [5, 5.41) is 0. The number of hydrogen-bond acceptors (Lipinski definition) is 1. The van der Waals surface area contributed by atoms with Gasteiger partial charge in [-0.1, -0.05) is 33.6 Å². The van der Waals surface area contributed by atoms with E-state index >= 15 is 0 Å². The predicted octanol–water partition coefficient (Wildman–Crippen LogP) is 3.04. The number of carbonyl (C=O) groups excluding carboxylic acids is 1. The molecule has 0 aromatic carbocycles. The van der Waals surface area contributed by atoms with Crippen molar-refractivity contribution < 1.29 is 4.79 Å². The van der Waals surface area contributed by atoms with Gasteiger partial charge < -0.3 is 0 Å². The van der Waals surface area contributed by atoms with Crippen LogP contribution in [0.2, 0.25) is 0 Å². The molecule has 66 valence electrons. The summed E-state index contributed by atoms with van der Waals surface area (Å²) in [5.41, 5.74) is 0. The minimum absolute atomic E-state index is 0.301. The van der Waals surface area contributed by atoms with Crippen LogP contribution in [0.25, 0.3) is 0 Å². The Hall–Kier alpha value is -0.330. The van der Waals surface area contributed by atoms with Crippen molar-refractivity contribution >= 4 is 5.78 Å². The largest absolute Gasteiger partial charge is 0.300 e. The average molecular weight is 156 g/mol. The van der Waals surface area contributed by atoms with Gasteiger partial charge in [0.05, 0.1) is 0 Å². The summed E-state index contributed by atoms with van der Waals surface area (Å²) in [4.78, 5) is 11.1. The van der Waals surface area contributed by atoms with Crippen LogP contribution < -0.4 is 0 Å². The Labute approximate surface area is 70.2 Å². The van der Waals surface area contributed by atoms with Gasteiger partial charge >= 0.3 is 0 Å². The maximum atomic E-state index is 11.1. The van der Waals surface area contributed by atoms with Crippen LogP contribution in [0.5, 0.6) is 0 Å². The molecule has 0 aliphatic rings. The van der Waals surface area contributed by atoms with E-state index in [-0.39, 0.29) is 0 Å². The maximum absolute atomic E-state index is 11.1. The highest BCUT2D eigenvalue weighted by Crippen LogP contribution is 2.18. The zero-order valence-electron chi connectivity index (χ0n) is 8.18. The zero-order valence-corrected chi connectivity index (χ0v) is 8.18. The van der Waals surface area contributed by atoms with Crippen molar-refractivity contribution in [3.63, 3.8) is 0 Å². The lowest BCUT2D eigenvalue weighted by Gasteiger charge is -2.16. The molecule has 1 nitrogen and oxygen atoms in total. The van der Waals surface area contributed by atoms with Crippen molar-refractivity contribution in [3.05, 3.63) is 0 Å². The van der Waals surface area contributed by atoms with Gasteiger partial charge in [-0.25, -0.2) is 0 Å². The monoisotopic (exact) mass is 156 g/mol. The molecular formula is C10H20O. The molecule has 0 saturated heterocycles. The maximum Gasteiger partial charge on any atom is 0.133 e. The number of ketones is 1. The van der Waals surface area contributed by atoms with Crippen molar-refractivity contribution in [1.29, 1.82) is 0 Å². The molecule has 0 aromatic heterocycles. The Balaban J connectivity index is 3.80. The summed E-state index contributed by atoms with van der Waals surface area (Å²) in [6, 6.07) is 0. The van der Waals surface area contributed by atoms with E-state index in [1.54, 1.807) is 6.92 Å². The molecule has 1 atom stereocenters. The average Bonchev–Trinajstić information content (AvgIpc) is 1.87. The van der Waals surface area contributed by atoms with Crippen LogP contribution in [0.4, 0.5) is 0 Å². The molecule has 0 heterocycles. The van der Waals surface area contributed by atoms with Crippen molar-refractivity contribution in [2.75, 3.05) is 0 Å². The van der Waals surface area contributed by atoms with E-state index in [2.05, 4.69) is 20.8 Å². The summed E-state index contributed by atoms with van der Waals surface area (Å²) in [5.74, 6) is 1.17. The first-order valence-corrected chi connectivity index (χ1v) is 4.60. The summed E-state index contributed by atoms with van der Waals surface area (Å²) in [7, 11) is 0. The van der Waals surface area contributed by atoms with Crippen molar-refractivity contribution in [2.45, 2.75) is 47.0 Å². The quantitative estimate of drug-likeness (QED) is 0.598. The summed E-state index contributed by atoms with van der Waals surface area (Å²) < 4.78 is 0. The third-order valence-corrected chi connectivity index (χ3v) is 2.20. The van der Waals surface area contributed by atoms with Gasteiger partial charge in [0, 0.05) is 5.92 Å². The number of hydrogen-bond donors (Lipinski definition) is 0. The van der Waals surface area contributed by atoms with E-state index in [1.807, 2.05) is 0 Å². The molecule has 1 heteroatoms. The number of unbranched alkanes of at least 4 members (excludes halogenated alkanes) is 1. The first-order valence-electron chi connectivity index (χ1n) is 4.60. The van der Waals surface area contributed by atoms with Crippen LogP contribution in [-0.2, 0) is 4.79 Å². The van der Waals surface area contributed by atoms with E-state index in [0.29, 0.717) is 17.6 Å². The Bertz CT molecular complexity index is 116. The molecule has 0 aliphatic carbocycles. The molecule has 11 heavy (non-hydrogen) atoms. The molecule has 0 bridgehead atoms. The van der Waals surface area contributed by atoms with Crippen LogP contribution in [0.1, 0.15) is 47.0 Å². The Morgan fingerprint density at radius 3 is 2.18 bits per heavy atom. The van der Waals surface area contributed by atoms with E-state index in [9.17, 15) is 4.79 Å². The molecule has 0 rings (SSSR count). The van der Waals surface area contributed by atoms with Crippen LogP contribution >= 0.6 is 0 Å². The van der Waals surface area contributed by atoms with Crippen LogP contribution in [0, 0.1) is 11.8 Å². The first-order chi connectivity index (χ1) is 5.09. The van der Waals surface area contributed by atoms with Gasteiger partial charge in [-0.3, -0.25) is 4.79 Å². The highest BCUT2D eigenvalue weighted by Gasteiger charge is 2.16. The van der Waals surface area contributed by atoms with Crippen LogP contribution in [0.15, 0.2) is 0 Å². The molecular weight excluding hydrogens is 136 g/mol. The second-order valence-corrected chi connectivity index (χ2v) is 3.60. The van der Waals surface area contributed by atoms with Gasteiger partial charge in [-0.15, -0.1) is 0 Å². The third kappa shape index (κ3) is 4.18. The standard InChI is InChI=1S/C10H20O/c1-5-6-7-10(8(2)3)9(4)11/h8,10H,5-7H2,1-4H3/t10-/m1/s1. The smallest absolute Gasteiger partial charge is 0.133 e. The molecule has 0 N–H and O–H groups in total. The van der Waals surface area contributed by atoms with Crippen LogP contribution in [0.3, 0.4) is 0 Å². The molecule has 0 aromatic rings. The number of carbonyl (C=O) groups is 1. The number of Topliss-reactive ketones (excluding diaryl/α,β-unsaturated/α-hetero) is 1. The van der Waals surface area contributed by atoms with Crippen molar-refractivity contribution in [3.8, 4) is 0 Å². The highest BCUT2D eigenvalue weighted by atomic mass is 16.1. The van der Waals surface area contributed by atoms with Gasteiger partial charge in [0.25, 0.3) is 0 Å². The van der Waals surface area contributed by atoms with Gasteiger partial charge in [-0.05, 0) is 19.3 Å². The second kappa shape index (κ2) is 5.34.